The Morgan fingerprint density at radius 3 is 2.69 bits per heavy atom. The van der Waals surface area contributed by atoms with Crippen molar-refractivity contribution in [3.05, 3.63) is 96.3 Å². The summed E-state index contributed by atoms with van der Waals surface area (Å²) in [6.07, 6.45) is 3.22. The second-order valence-electron chi connectivity index (χ2n) is 8.23. The molecule has 0 saturated heterocycles. The lowest BCUT2D eigenvalue weighted by Gasteiger charge is -2.14. The lowest BCUT2D eigenvalue weighted by molar-refractivity contribution is 0.0953. The van der Waals surface area contributed by atoms with E-state index in [2.05, 4.69) is 16.5 Å². The smallest absolute Gasteiger partial charge is 0.251 e. The number of carbonyl (C=O) groups excluding carboxylic acids is 1. The number of hydrogen-bond donors (Lipinski definition) is 1. The molecule has 7 heteroatoms. The van der Waals surface area contributed by atoms with Gasteiger partial charge in [0.15, 0.2) is 11.5 Å². The minimum absolute atomic E-state index is 0.146. The number of methoxy groups -OCH3 is 2. The molecule has 1 heterocycles. The predicted molar refractivity (Wildman–Crippen MR) is 141 cm³/mol. The van der Waals surface area contributed by atoms with Crippen molar-refractivity contribution >= 4 is 16.9 Å². The molecular weight excluding hydrogens is 454 g/mol. The number of nitrogens with zero attached hydrogens (tertiary/aromatic N) is 2. The summed E-state index contributed by atoms with van der Waals surface area (Å²) in [5, 5.41) is 2.98. The Kier molecular flexibility index (Phi) is 8.24. The van der Waals surface area contributed by atoms with Gasteiger partial charge in [-0.2, -0.15) is 0 Å². The van der Waals surface area contributed by atoms with Crippen molar-refractivity contribution in [3.63, 3.8) is 0 Å². The molecule has 0 spiro atoms. The topological polar surface area (TPSA) is 74.6 Å². The Balaban J connectivity index is 1.42. The van der Waals surface area contributed by atoms with Gasteiger partial charge in [-0.05, 0) is 54.4 Å². The molecule has 0 unspecified atom stereocenters. The highest BCUT2D eigenvalue weighted by molar-refractivity contribution is 5.94. The molecule has 0 atom stereocenters. The van der Waals surface area contributed by atoms with Gasteiger partial charge in [0.25, 0.3) is 5.91 Å². The summed E-state index contributed by atoms with van der Waals surface area (Å²) in [7, 11) is 3.22. The predicted octanol–water partition coefficient (Wildman–Crippen LogP) is 4.83. The number of imidazole rings is 1. The maximum atomic E-state index is 12.6. The maximum absolute atomic E-state index is 12.6. The van der Waals surface area contributed by atoms with Gasteiger partial charge in [0, 0.05) is 18.5 Å². The van der Waals surface area contributed by atoms with Gasteiger partial charge in [-0.15, -0.1) is 6.58 Å². The number of nitrogens with one attached hydrogen (secondary N) is 1. The van der Waals surface area contributed by atoms with Crippen molar-refractivity contribution in [2.75, 3.05) is 27.4 Å². The van der Waals surface area contributed by atoms with Gasteiger partial charge in [-0.25, -0.2) is 4.98 Å². The van der Waals surface area contributed by atoms with E-state index in [-0.39, 0.29) is 5.91 Å². The highest BCUT2D eigenvalue weighted by Crippen LogP contribution is 2.28. The average Bonchev–Trinajstić information content (AvgIpc) is 3.26. The first-order chi connectivity index (χ1) is 17.6. The van der Waals surface area contributed by atoms with Gasteiger partial charge in [0.2, 0.25) is 0 Å². The van der Waals surface area contributed by atoms with Crippen LogP contribution >= 0.6 is 0 Å². The number of ether oxygens (including phenoxy) is 3. The van der Waals surface area contributed by atoms with Crippen LogP contribution in [-0.4, -0.2) is 42.8 Å². The molecule has 36 heavy (non-hydrogen) atoms. The minimum Gasteiger partial charge on any atom is -0.497 e. The van der Waals surface area contributed by atoms with Crippen LogP contribution in [0.1, 0.15) is 21.7 Å². The Morgan fingerprint density at radius 2 is 1.89 bits per heavy atom. The standard InChI is InChI=1S/C29H31N3O4/c1-4-8-21-13-14-26(27(19-21)35-3)36-18-17-32-25-12-6-5-11-24(25)31-28(32)15-16-30-29(33)22-9-7-10-23(20-22)34-2/h4-7,9-14,19-20H,1,8,15-18H2,2-3H3,(H,30,33). The molecule has 4 aromatic rings. The van der Waals surface area contributed by atoms with Crippen LogP contribution < -0.4 is 19.5 Å². The highest BCUT2D eigenvalue weighted by atomic mass is 16.5. The van der Waals surface area contributed by atoms with E-state index in [1.165, 1.54) is 0 Å². The van der Waals surface area contributed by atoms with Gasteiger partial charge in [-0.3, -0.25) is 4.79 Å². The fourth-order valence-electron chi connectivity index (χ4n) is 4.09. The van der Waals surface area contributed by atoms with Crippen LogP contribution in [0.3, 0.4) is 0 Å². The average molecular weight is 486 g/mol. The summed E-state index contributed by atoms with van der Waals surface area (Å²) in [4.78, 5) is 17.4. The molecule has 0 aliphatic carbocycles. The molecule has 0 aliphatic heterocycles. The fourth-order valence-corrected chi connectivity index (χ4v) is 4.09. The summed E-state index contributed by atoms with van der Waals surface area (Å²) in [5.74, 6) is 2.79. The molecule has 7 nitrogen and oxygen atoms in total. The Morgan fingerprint density at radius 1 is 1.03 bits per heavy atom. The fraction of sp³-hybridized carbons (Fsp3) is 0.241. The van der Waals surface area contributed by atoms with Crippen molar-refractivity contribution in [1.82, 2.24) is 14.9 Å². The zero-order valence-corrected chi connectivity index (χ0v) is 20.7. The molecule has 1 N–H and O–H groups in total. The van der Waals surface area contributed by atoms with Gasteiger partial charge in [-0.1, -0.05) is 30.3 Å². The van der Waals surface area contributed by atoms with E-state index in [4.69, 9.17) is 19.2 Å². The molecule has 0 radical (unpaired) electrons. The van der Waals surface area contributed by atoms with Gasteiger partial charge in [0.05, 0.1) is 31.8 Å². The molecule has 0 saturated carbocycles. The number of amides is 1. The number of rotatable bonds is 12. The summed E-state index contributed by atoms with van der Waals surface area (Å²) in [6.45, 7) is 5.30. The Hall–Kier alpha value is -4.26. The number of para-hydroxylation sites is 2. The third-order valence-corrected chi connectivity index (χ3v) is 5.88. The number of aromatic nitrogens is 2. The molecule has 0 bridgehead atoms. The van der Waals surface area contributed by atoms with E-state index in [1.807, 2.05) is 54.6 Å². The van der Waals surface area contributed by atoms with Crippen LogP contribution in [0, 0.1) is 0 Å². The maximum Gasteiger partial charge on any atom is 0.251 e. The van der Waals surface area contributed by atoms with E-state index < -0.39 is 0 Å². The Bertz CT molecular complexity index is 1350. The van der Waals surface area contributed by atoms with Gasteiger partial charge >= 0.3 is 0 Å². The van der Waals surface area contributed by atoms with Gasteiger partial charge < -0.3 is 24.1 Å². The van der Waals surface area contributed by atoms with Gasteiger partial charge in [0.1, 0.15) is 18.2 Å². The number of benzene rings is 3. The van der Waals surface area contributed by atoms with Crippen LogP contribution in [0.15, 0.2) is 79.4 Å². The summed E-state index contributed by atoms with van der Waals surface area (Å²) in [6, 6.07) is 21.0. The first-order valence-electron chi connectivity index (χ1n) is 11.9. The molecule has 0 aliphatic rings. The third kappa shape index (κ3) is 5.86. The number of allylic oxidation sites excluding steroid dienone is 1. The zero-order chi connectivity index (χ0) is 25.3. The number of hydrogen-bond acceptors (Lipinski definition) is 5. The molecule has 1 aromatic heterocycles. The van der Waals surface area contributed by atoms with Crippen molar-refractivity contribution in [3.8, 4) is 17.2 Å². The summed E-state index contributed by atoms with van der Waals surface area (Å²) in [5.41, 5.74) is 3.62. The van der Waals surface area contributed by atoms with Crippen LogP contribution in [0.5, 0.6) is 17.2 Å². The molecule has 186 valence electrons. The molecule has 3 aromatic carbocycles. The third-order valence-electron chi connectivity index (χ3n) is 5.88. The zero-order valence-electron chi connectivity index (χ0n) is 20.7. The van der Waals surface area contributed by atoms with Crippen LogP contribution in [0.2, 0.25) is 0 Å². The number of fused-ring (bicyclic) bond motifs is 1. The van der Waals surface area contributed by atoms with Crippen molar-refractivity contribution in [2.45, 2.75) is 19.4 Å². The SMILES string of the molecule is C=CCc1ccc(OCCn2c(CCNC(=O)c3cccc(OC)c3)nc3ccccc32)c(OC)c1. The molecule has 1 amide bonds. The second kappa shape index (κ2) is 11.9. The van der Waals surface area contributed by atoms with E-state index in [0.29, 0.717) is 48.9 Å². The first-order valence-corrected chi connectivity index (χ1v) is 11.9. The van der Waals surface area contributed by atoms with Crippen LogP contribution in [-0.2, 0) is 19.4 Å². The lowest BCUT2D eigenvalue weighted by Crippen LogP contribution is -2.26. The first kappa shape index (κ1) is 24.9. The van der Waals surface area contributed by atoms with E-state index in [9.17, 15) is 4.79 Å². The molecule has 4 rings (SSSR count). The molecular formula is C29H31N3O4. The van der Waals surface area contributed by atoms with Crippen molar-refractivity contribution < 1.29 is 19.0 Å². The quantitative estimate of drug-likeness (QED) is 0.291. The van der Waals surface area contributed by atoms with Crippen LogP contribution in [0.4, 0.5) is 0 Å². The van der Waals surface area contributed by atoms with E-state index >= 15 is 0 Å². The summed E-state index contributed by atoms with van der Waals surface area (Å²) < 4.78 is 19.0. The van der Waals surface area contributed by atoms with Crippen LogP contribution in [0.25, 0.3) is 11.0 Å². The largest absolute Gasteiger partial charge is 0.497 e. The normalized spacial score (nSPS) is 10.7. The van der Waals surface area contributed by atoms with Crippen molar-refractivity contribution in [2.24, 2.45) is 0 Å². The number of carbonyl (C=O) groups is 1. The molecule has 0 fully saturated rings. The van der Waals surface area contributed by atoms with Crippen molar-refractivity contribution in [1.29, 1.82) is 0 Å². The summed E-state index contributed by atoms with van der Waals surface area (Å²) >= 11 is 0. The van der Waals surface area contributed by atoms with E-state index in [1.54, 1.807) is 32.4 Å². The minimum atomic E-state index is -0.146. The highest BCUT2D eigenvalue weighted by Gasteiger charge is 2.13. The second-order valence-corrected chi connectivity index (χ2v) is 8.23. The Labute approximate surface area is 211 Å². The van der Waals surface area contributed by atoms with E-state index in [0.717, 1.165) is 28.8 Å². The lowest BCUT2D eigenvalue weighted by atomic mass is 10.1. The monoisotopic (exact) mass is 485 g/mol.